The maximum atomic E-state index is 11.1. The zero-order valence-electron chi connectivity index (χ0n) is 8.86. The smallest absolute Gasteiger partial charge is 0.339 e. The van der Waals surface area contributed by atoms with Crippen LogP contribution in [0, 0.1) is 0 Å². The van der Waals surface area contributed by atoms with Crippen LogP contribution in [0.1, 0.15) is 16.8 Å². The van der Waals surface area contributed by atoms with Crippen molar-refractivity contribution in [3.63, 3.8) is 0 Å². The van der Waals surface area contributed by atoms with Crippen LogP contribution in [0.25, 0.3) is 0 Å². The molecule has 0 fully saturated rings. The third-order valence-corrected chi connectivity index (χ3v) is 2.78. The molecule has 0 spiro atoms. The Balaban J connectivity index is 2.60. The predicted octanol–water partition coefficient (Wildman–Crippen LogP) is 2.26. The van der Waals surface area contributed by atoms with E-state index in [-0.39, 0.29) is 5.56 Å². The molecule has 1 aliphatic heterocycles. The minimum Gasteiger partial charge on any atom is -0.490 e. The molecule has 0 amide bonds. The van der Waals surface area contributed by atoms with E-state index in [1.807, 2.05) is 11.9 Å². The lowest BCUT2D eigenvalue weighted by Crippen LogP contribution is -2.17. The van der Waals surface area contributed by atoms with Gasteiger partial charge in [0, 0.05) is 18.6 Å². The second kappa shape index (κ2) is 4.22. The lowest BCUT2D eigenvalue weighted by Gasteiger charge is -2.19. The summed E-state index contributed by atoms with van der Waals surface area (Å²) in [5.41, 5.74) is 0.860. The number of carboxylic acids is 1. The maximum absolute atomic E-state index is 11.1. The molecule has 1 aliphatic rings. The fourth-order valence-electron chi connectivity index (χ4n) is 1.77. The van der Waals surface area contributed by atoms with Gasteiger partial charge in [-0.3, -0.25) is 0 Å². The van der Waals surface area contributed by atoms with Crippen LogP contribution in [-0.2, 0) is 0 Å². The molecule has 0 saturated heterocycles. The molecule has 0 aromatic heterocycles. The number of nitrogens with zero attached hydrogens (tertiary/aromatic N) is 1. The number of benzene rings is 1. The Hall–Kier alpha value is -1.42. The Morgan fingerprint density at radius 2 is 2.31 bits per heavy atom. The number of carbonyl (C=O) groups is 1. The third kappa shape index (κ3) is 1.93. The van der Waals surface area contributed by atoms with Crippen molar-refractivity contribution in [2.45, 2.75) is 6.42 Å². The topological polar surface area (TPSA) is 49.8 Å². The van der Waals surface area contributed by atoms with Crippen LogP contribution in [-0.4, -0.2) is 31.3 Å². The fourth-order valence-corrected chi connectivity index (χ4v) is 1.98. The maximum Gasteiger partial charge on any atom is 0.339 e. The molecule has 1 aromatic carbocycles. The lowest BCUT2D eigenvalue weighted by atomic mass is 10.1. The molecule has 0 radical (unpaired) electrons. The van der Waals surface area contributed by atoms with Gasteiger partial charge in [-0.25, -0.2) is 4.79 Å². The summed E-state index contributed by atoms with van der Waals surface area (Å²) in [6.07, 6.45) is 0.863. The Bertz CT molecular complexity index is 433. The van der Waals surface area contributed by atoms with Crippen molar-refractivity contribution in [1.29, 1.82) is 0 Å². The monoisotopic (exact) mass is 241 g/mol. The molecule has 0 atom stereocenters. The zero-order chi connectivity index (χ0) is 11.7. The highest BCUT2D eigenvalue weighted by Crippen LogP contribution is 2.36. The van der Waals surface area contributed by atoms with Crippen LogP contribution in [0.15, 0.2) is 12.1 Å². The van der Waals surface area contributed by atoms with E-state index >= 15 is 0 Å². The van der Waals surface area contributed by atoms with Gasteiger partial charge >= 0.3 is 5.97 Å². The summed E-state index contributed by atoms with van der Waals surface area (Å²) in [5, 5.41) is 9.50. The summed E-state index contributed by atoms with van der Waals surface area (Å²) in [4.78, 5) is 13.0. The van der Waals surface area contributed by atoms with Gasteiger partial charge in [0.25, 0.3) is 0 Å². The van der Waals surface area contributed by atoms with Gasteiger partial charge in [0.1, 0.15) is 5.56 Å². The summed E-state index contributed by atoms with van der Waals surface area (Å²) >= 11 is 5.90. The van der Waals surface area contributed by atoms with Crippen molar-refractivity contribution in [2.75, 3.05) is 25.1 Å². The normalized spacial score (nSPS) is 15.0. The fraction of sp³-hybridized carbons (Fsp3) is 0.364. The van der Waals surface area contributed by atoms with Gasteiger partial charge in [0.2, 0.25) is 0 Å². The van der Waals surface area contributed by atoms with E-state index in [0.717, 1.165) is 18.7 Å². The number of ether oxygens (including phenoxy) is 1. The van der Waals surface area contributed by atoms with Gasteiger partial charge in [-0.2, -0.15) is 0 Å². The molecule has 16 heavy (non-hydrogen) atoms. The highest BCUT2D eigenvalue weighted by atomic mass is 35.5. The van der Waals surface area contributed by atoms with Crippen molar-refractivity contribution in [1.82, 2.24) is 0 Å². The highest BCUT2D eigenvalue weighted by molar-refractivity contribution is 6.31. The number of carboxylic acid groups (broad SMARTS) is 1. The molecule has 0 saturated carbocycles. The minimum absolute atomic E-state index is 0.122. The van der Waals surface area contributed by atoms with E-state index in [1.54, 1.807) is 6.07 Å². The second-order valence-electron chi connectivity index (χ2n) is 3.73. The van der Waals surface area contributed by atoms with Crippen LogP contribution >= 0.6 is 11.6 Å². The van der Waals surface area contributed by atoms with Crippen molar-refractivity contribution in [3.05, 3.63) is 22.7 Å². The number of fused-ring (bicyclic) bond motifs is 1. The average Bonchev–Trinajstić information content (AvgIpc) is 2.40. The van der Waals surface area contributed by atoms with Crippen LogP contribution in [0.4, 0.5) is 5.69 Å². The van der Waals surface area contributed by atoms with Gasteiger partial charge in [0.15, 0.2) is 5.75 Å². The van der Waals surface area contributed by atoms with Crippen LogP contribution in [0.5, 0.6) is 5.75 Å². The van der Waals surface area contributed by atoms with E-state index in [0.29, 0.717) is 17.4 Å². The lowest BCUT2D eigenvalue weighted by molar-refractivity contribution is 0.0692. The molecule has 1 aromatic rings. The largest absolute Gasteiger partial charge is 0.490 e. The summed E-state index contributed by atoms with van der Waals surface area (Å²) in [7, 11) is 1.90. The second-order valence-corrected chi connectivity index (χ2v) is 4.17. The van der Waals surface area contributed by atoms with Gasteiger partial charge in [-0.05, 0) is 18.6 Å². The van der Waals surface area contributed by atoms with E-state index in [1.165, 1.54) is 6.07 Å². The van der Waals surface area contributed by atoms with E-state index in [9.17, 15) is 4.79 Å². The molecule has 0 unspecified atom stereocenters. The van der Waals surface area contributed by atoms with Gasteiger partial charge in [-0.15, -0.1) is 0 Å². The molecule has 4 nitrogen and oxygen atoms in total. The first-order valence-corrected chi connectivity index (χ1v) is 5.38. The summed E-state index contributed by atoms with van der Waals surface area (Å²) in [5.74, 6) is -0.606. The molecule has 5 heteroatoms. The van der Waals surface area contributed by atoms with Gasteiger partial charge in [-0.1, -0.05) is 11.6 Å². The van der Waals surface area contributed by atoms with E-state index < -0.39 is 5.97 Å². The number of halogens is 1. The molecule has 1 heterocycles. The zero-order valence-corrected chi connectivity index (χ0v) is 9.62. The molecule has 0 aliphatic carbocycles. The quantitative estimate of drug-likeness (QED) is 0.819. The van der Waals surface area contributed by atoms with Crippen molar-refractivity contribution >= 4 is 23.3 Å². The standard InChI is InChI=1S/C11H12ClNO3/c1-13-3-2-4-16-10-8(11(14)15)5-7(12)6-9(10)13/h5-6H,2-4H2,1H3,(H,14,15). The first kappa shape index (κ1) is 11.1. The van der Waals surface area contributed by atoms with E-state index in [2.05, 4.69) is 0 Å². The molecule has 1 N–H and O–H groups in total. The van der Waals surface area contributed by atoms with Crippen molar-refractivity contribution in [2.24, 2.45) is 0 Å². The van der Waals surface area contributed by atoms with Crippen LogP contribution in [0.2, 0.25) is 5.02 Å². The Labute approximate surface area is 98.4 Å². The summed E-state index contributed by atoms with van der Waals surface area (Å²) < 4.78 is 5.49. The Morgan fingerprint density at radius 1 is 1.56 bits per heavy atom. The first-order chi connectivity index (χ1) is 7.59. The van der Waals surface area contributed by atoms with Gasteiger partial charge < -0.3 is 14.7 Å². The van der Waals surface area contributed by atoms with Crippen molar-refractivity contribution < 1.29 is 14.6 Å². The highest BCUT2D eigenvalue weighted by Gasteiger charge is 2.21. The van der Waals surface area contributed by atoms with Crippen LogP contribution < -0.4 is 9.64 Å². The van der Waals surface area contributed by atoms with Crippen LogP contribution in [0.3, 0.4) is 0 Å². The Morgan fingerprint density at radius 3 is 3.00 bits per heavy atom. The number of anilines is 1. The third-order valence-electron chi connectivity index (χ3n) is 2.56. The van der Waals surface area contributed by atoms with Crippen molar-refractivity contribution in [3.8, 4) is 5.75 Å². The average molecular weight is 242 g/mol. The Kier molecular flexibility index (Phi) is 2.92. The van der Waals surface area contributed by atoms with Gasteiger partial charge in [0.05, 0.1) is 12.3 Å². The molecule has 2 rings (SSSR count). The predicted molar refractivity (Wildman–Crippen MR) is 61.8 cm³/mol. The first-order valence-electron chi connectivity index (χ1n) is 5.00. The number of aromatic carboxylic acids is 1. The number of hydrogen-bond acceptors (Lipinski definition) is 3. The van der Waals surface area contributed by atoms with E-state index in [4.69, 9.17) is 21.4 Å². The molecule has 0 bridgehead atoms. The number of rotatable bonds is 1. The SMILES string of the molecule is CN1CCCOc2c(C(=O)O)cc(Cl)cc21. The molecule has 86 valence electrons. The minimum atomic E-state index is -1.02. The summed E-state index contributed by atoms with van der Waals surface area (Å²) in [6, 6.07) is 3.15. The summed E-state index contributed by atoms with van der Waals surface area (Å²) in [6.45, 7) is 1.35. The molecular weight excluding hydrogens is 230 g/mol. The number of hydrogen-bond donors (Lipinski definition) is 1. The molecular formula is C11H12ClNO3.